The van der Waals surface area contributed by atoms with E-state index in [-0.39, 0.29) is 19.0 Å². The van der Waals surface area contributed by atoms with Crippen molar-refractivity contribution in [2.45, 2.75) is 25.3 Å². The Labute approximate surface area is 101 Å². The topological polar surface area (TPSA) is 63.6 Å². The Balaban J connectivity index is 2.24. The van der Waals surface area contributed by atoms with E-state index in [1.54, 1.807) is 7.85 Å². The van der Waals surface area contributed by atoms with Crippen LogP contribution in [0.4, 0.5) is 0 Å². The molecule has 0 heterocycles. The average Bonchev–Trinajstić information content (AvgIpc) is 2.34. The van der Waals surface area contributed by atoms with Gasteiger partial charge in [-0.25, -0.2) is 0 Å². The standard InChI is InChI=1S/C12H15BO4/c13-10(12(15)16)6-7-11(14)17-8-9-4-2-1-3-5-9/h1-5,10H,6-8,13H2,(H,15,16). The second kappa shape index (κ2) is 6.73. The number of aliphatic carboxylic acids is 1. The Hall–Kier alpha value is -1.78. The van der Waals surface area contributed by atoms with E-state index in [9.17, 15) is 9.59 Å². The van der Waals surface area contributed by atoms with Gasteiger partial charge in [-0.2, -0.15) is 0 Å². The van der Waals surface area contributed by atoms with Crippen LogP contribution < -0.4 is 0 Å². The molecule has 5 heteroatoms. The van der Waals surface area contributed by atoms with Crippen LogP contribution in [0.1, 0.15) is 18.4 Å². The summed E-state index contributed by atoms with van der Waals surface area (Å²) in [6.07, 6.45) is 0.448. The lowest BCUT2D eigenvalue weighted by Gasteiger charge is -2.06. The lowest BCUT2D eigenvalue weighted by atomic mass is 9.84. The van der Waals surface area contributed by atoms with Crippen molar-refractivity contribution in [1.82, 2.24) is 0 Å². The van der Waals surface area contributed by atoms with Crippen LogP contribution in [-0.4, -0.2) is 24.9 Å². The first kappa shape index (κ1) is 13.3. The van der Waals surface area contributed by atoms with E-state index in [2.05, 4.69) is 0 Å². The van der Waals surface area contributed by atoms with Crippen LogP contribution in [0.25, 0.3) is 0 Å². The normalized spacial score (nSPS) is 11.8. The minimum atomic E-state index is -0.888. The lowest BCUT2D eigenvalue weighted by Crippen LogP contribution is -2.11. The van der Waals surface area contributed by atoms with Crippen molar-refractivity contribution >= 4 is 19.8 Å². The van der Waals surface area contributed by atoms with E-state index in [4.69, 9.17) is 9.84 Å². The van der Waals surface area contributed by atoms with Crippen molar-refractivity contribution in [2.24, 2.45) is 0 Å². The van der Waals surface area contributed by atoms with Crippen molar-refractivity contribution in [2.75, 3.05) is 0 Å². The van der Waals surface area contributed by atoms with E-state index in [0.717, 1.165) is 5.56 Å². The summed E-state index contributed by atoms with van der Waals surface area (Å²) in [5, 5.41) is 8.65. The highest BCUT2D eigenvalue weighted by molar-refractivity contribution is 6.22. The number of carbonyl (C=O) groups is 2. The fourth-order valence-electron chi connectivity index (χ4n) is 1.27. The molecule has 0 saturated heterocycles. The third-order valence-corrected chi connectivity index (χ3v) is 2.45. The van der Waals surface area contributed by atoms with Gasteiger partial charge in [0.05, 0.1) is 0 Å². The largest absolute Gasteiger partial charge is 0.482 e. The van der Waals surface area contributed by atoms with Crippen LogP contribution >= 0.6 is 0 Å². The van der Waals surface area contributed by atoms with Crippen molar-refractivity contribution in [3.8, 4) is 0 Å². The number of esters is 1. The smallest absolute Gasteiger partial charge is 0.306 e. The number of benzene rings is 1. The Morgan fingerprint density at radius 2 is 1.94 bits per heavy atom. The highest BCUT2D eigenvalue weighted by Crippen LogP contribution is 2.10. The third-order valence-electron chi connectivity index (χ3n) is 2.45. The molecule has 0 spiro atoms. The fourth-order valence-corrected chi connectivity index (χ4v) is 1.27. The number of hydrogen-bond donors (Lipinski definition) is 1. The average molecular weight is 234 g/mol. The zero-order valence-electron chi connectivity index (χ0n) is 9.76. The molecule has 1 N–H and O–H groups in total. The van der Waals surface area contributed by atoms with Gasteiger partial charge in [-0.05, 0) is 12.0 Å². The first-order valence-corrected chi connectivity index (χ1v) is 5.52. The van der Waals surface area contributed by atoms with Gasteiger partial charge < -0.3 is 9.84 Å². The minimum Gasteiger partial charge on any atom is -0.482 e. The zero-order chi connectivity index (χ0) is 12.7. The van der Waals surface area contributed by atoms with Crippen molar-refractivity contribution in [3.63, 3.8) is 0 Å². The van der Waals surface area contributed by atoms with E-state index in [1.165, 1.54) is 0 Å². The van der Waals surface area contributed by atoms with Gasteiger partial charge in [0.2, 0.25) is 0 Å². The molecule has 90 valence electrons. The number of hydrogen-bond acceptors (Lipinski definition) is 3. The molecule has 0 aliphatic heterocycles. The summed E-state index contributed by atoms with van der Waals surface area (Å²) < 4.78 is 5.03. The van der Waals surface area contributed by atoms with Gasteiger partial charge in [0.1, 0.15) is 14.5 Å². The molecule has 0 aliphatic rings. The van der Waals surface area contributed by atoms with Crippen LogP contribution in [0.2, 0.25) is 5.82 Å². The van der Waals surface area contributed by atoms with Gasteiger partial charge in [-0.3, -0.25) is 9.59 Å². The molecule has 0 amide bonds. The molecule has 1 unspecified atom stereocenters. The van der Waals surface area contributed by atoms with E-state index >= 15 is 0 Å². The van der Waals surface area contributed by atoms with Gasteiger partial charge in [-0.1, -0.05) is 30.3 Å². The Morgan fingerprint density at radius 1 is 1.29 bits per heavy atom. The first-order valence-electron chi connectivity index (χ1n) is 5.52. The summed E-state index contributed by atoms with van der Waals surface area (Å²) in [6, 6.07) is 9.37. The summed E-state index contributed by atoms with van der Waals surface area (Å²) in [5.41, 5.74) is 0.923. The molecule has 17 heavy (non-hydrogen) atoms. The molecule has 1 aromatic rings. The van der Waals surface area contributed by atoms with E-state index in [0.29, 0.717) is 6.42 Å². The molecule has 1 rings (SSSR count). The van der Waals surface area contributed by atoms with Crippen molar-refractivity contribution in [3.05, 3.63) is 35.9 Å². The maximum atomic E-state index is 11.3. The van der Waals surface area contributed by atoms with Gasteiger partial charge in [0.25, 0.3) is 5.97 Å². The minimum absolute atomic E-state index is 0.139. The second-order valence-electron chi connectivity index (χ2n) is 3.92. The molecule has 0 fully saturated rings. The Bertz CT molecular complexity index is 377. The van der Waals surface area contributed by atoms with E-state index < -0.39 is 11.8 Å². The molecule has 0 aliphatic carbocycles. The van der Waals surface area contributed by atoms with Gasteiger partial charge >= 0.3 is 5.97 Å². The summed E-state index contributed by atoms with van der Waals surface area (Å²) >= 11 is 0. The summed E-state index contributed by atoms with van der Waals surface area (Å²) in [4.78, 5) is 21.9. The van der Waals surface area contributed by atoms with Gasteiger partial charge in [-0.15, -0.1) is 0 Å². The van der Waals surface area contributed by atoms with Crippen LogP contribution in [-0.2, 0) is 20.9 Å². The number of carbonyl (C=O) groups excluding carboxylic acids is 1. The molecular weight excluding hydrogens is 219 g/mol. The number of rotatable bonds is 6. The predicted molar refractivity (Wildman–Crippen MR) is 65.4 cm³/mol. The first-order chi connectivity index (χ1) is 8.09. The van der Waals surface area contributed by atoms with Crippen LogP contribution in [0, 0.1) is 0 Å². The molecule has 4 nitrogen and oxygen atoms in total. The van der Waals surface area contributed by atoms with E-state index in [1.807, 2.05) is 30.3 Å². The summed E-state index contributed by atoms with van der Waals surface area (Å²) in [6.45, 7) is 0.237. The third kappa shape index (κ3) is 5.20. The SMILES string of the molecule is BC(CCC(=O)OCc1ccccc1)C(=O)O. The number of carboxylic acid groups (broad SMARTS) is 1. The maximum absolute atomic E-state index is 11.3. The van der Waals surface area contributed by atoms with Crippen LogP contribution in [0.15, 0.2) is 30.3 Å². The summed E-state index contributed by atoms with van der Waals surface area (Å²) in [5.74, 6) is -1.76. The Kier molecular flexibility index (Phi) is 5.26. The summed E-state index contributed by atoms with van der Waals surface area (Å²) in [7, 11) is 1.58. The lowest BCUT2D eigenvalue weighted by molar-refractivity contribution is -0.145. The van der Waals surface area contributed by atoms with Gasteiger partial charge in [0, 0.05) is 12.2 Å². The maximum Gasteiger partial charge on any atom is 0.306 e. The number of carboxylic acids is 1. The molecule has 1 aromatic carbocycles. The predicted octanol–water partition coefficient (Wildman–Crippen LogP) is 1.02. The van der Waals surface area contributed by atoms with Crippen LogP contribution in [0.3, 0.4) is 0 Å². The van der Waals surface area contributed by atoms with Gasteiger partial charge in [0.15, 0.2) is 0 Å². The zero-order valence-corrected chi connectivity index (χ0v) is 9.76. The molecule has 0 radical (unpaired) electrons. The molecule has 1 atom stereocenters. The second-order valence-corrected chi connectivity index (χ2v) is 3.92. The molecule has 0 bridgehead atoms. The molecule has 0 saturated carbocycles. The van der Waals surface area contributed by atoms with Crippen LogP contribution in [0.5, 0.6) is 0 Å². The van der Waals surface area contributed by atoms with Crippen molar-refractivity contribution < 1.29 is 19.4 Å². The van der Waals surface area contributed by atoms with Crippen molar-refractivity contribution in [1.29, 1.82) is 0 Å². The highest BCUT2D eigenvalue weighted by atomic mass is 16.5. The monoisotopic (exact) mass is 234 g/mol. The Morgan fingerprint density at radius 3 is 2.53 bits per heavy atom. The fraction of sp³-hybridized carbons (Fsp3) is 0.333. The quantitative estimate of drug-likeness (QED) is 0.589. The highest BCUT2D eigenvalue weighted by Gasteiger charge is 2.13. The molecule has 0 aromatic heterocycles. The molecular formula is C12H15BO4. The number of ether oxygens (including phenoxy) is 1.